The molecule has 4 rings (SSSR count). The molecule has 6 nitrogen and oxygen atoms in total. The number of carbonyl (C=O) groups excluding carboxylic acids is 1. The Labute approximate surface area is 189 Å². The van der Waals surface area contributed by atoms with Crippen LogP contribution in [0.3, 0.4) is 0 Å². The normalized spacial score (nSPS) is 13.6. The Kier molecular flexibility index (Phi) is 7.74. The lowest BCUT2D eigenvalue weighted by Gasteiger charge is -2.26. The molecule has 3 aromatic carbocycles. The largest absolute Gasteiger partial charge is 0.457 e. The summed E-state index contributed by atoms with van der Waals surface area (Å²) in [4.78, 5) is 14.0. The number of hydrogen-bond acceptors (Lipinski definition) is 4. The maximum absolute atomic E-state index is 12.3. The lowest BCUT2D eigenvalue weighted by molar-refractivity contribution is 0.0564. The molecule has 0 atom stereocenters. The summed E-state index contributed by atoms with van der Waals surface area (Å²) in [5.41, 5.74) is 3.30. The molecule has 2 amide bonds. The minimum atomic E-state index is -0.101. The number of hydrogen-bond donors (Lipinski definition) is 2. The van der Waals surface area contributed by atoms with Crippen molar-refractivity contribution in [3.05, 3.63) is 90.0 Å². The summed E-state index contributed by atoms with van der Waals surface area (Å²) in [6, 6.07) is 25.9. The Morgan fingerprint density at radius 3 is 2.19 bits per heavy atom. The van der Waals surface area contributed by atoms with Gasteiger partial charge in [0.15, 0.2) is 0 Å². The molecule has 3 aromatic rings. The third-order valence-corrected chi connectivity index (χ3v) is 5.33. The van der Waals surface area contributed by atoms with Crippen LogP contribution in [0.25, 0.3) is 0 Å². The van der Waals surface area contributed by atoms with Crippen LogP contribution in [0.4, 0.5) is 10.5 Å². The summed E-state index contributed by atoms with van der Waals surface area (Å²) >= 11 is 0. The molecule has 2 N–H and O–H groups in total. The van der Waals surface area contributed by atoms with Crippen molar-refractivity contribution < 1.29 is 14.3 Å². The van der Waals surface area contributed by atoms with Gasteiger partial charge < -0.3 is 25.0 Å². The monoisotopic (exact) mass is 431 g/mol. The minimum absolute atomic E-state index is 0.101. The van der Waals surface area contributed by atoms with Gasteiger partial charge in [-0.1, -0.05) is 42.5 Å². The second-order valence-electron chi connectivity index (χ2n) is 7.71. The van der Waals surface area contributed by atoms with Gasteiger partial charge in [-0.15, -0.1) is 0 Å². The van der Waals surface area contributed by atoms with Crippen molar-refractivity contribution in [3.63, 3.8) is 0 Å². The number of morpholine rings is 1. The number of ether oxygens (including phenoxy) is 2. The summed E-state index contributed by atoms with van der Waals surface area (Å²) < 4.78 is 11.2. The molecule has 1 aliphatic heterocycles. The Morgan fingerprint density at radius 2 is 1.50 bits per heavy atom. The highest BCUT2D eigenvalue weighted by molar-refractivity contribution is 5.89. The van der Waals surface area contributed by atoms with Crippen LogP contribution in [-0.4, -0.2) is 43.8 Å². The molecule has 6 heteroatoms. The molecule has 0 spiro atoms. The van der Waals surface area contributed by atoms with Gasteiger partial charge in [-0.25, -0.2) is 4.79 Å². The second kappa shape index (κ2) is 11.3. The van der Waals surface area contributed by atoms with Crippen LogP contribution >= 0.6 is 0 Å². The van der Waals surface area contributed by atoms with Crippen molar-refractivity contribution in [1.29, 1.82) is 0 Å². The van der Waals surface area contributed by atoms with Gasteiger partial charge in [0.05, 0.1) is 13.2 Å². The van der Waals surface area contributed by atoms with Crippen LogP contribution in [0, 0.1) is 0 Å². The first-order chi connectivity index (χ1) is 15.8. The van der Waals surface area contributed by atoms with Crippen molar-refractivity contribution in [2.75, 3.05) is 38.2 Å². The summed E-state index contributed by atoms with van der Waals surface area (Å²) in [6.07, 6.45) is 0.963. The summed E-state index contributed by atoms with van der Waals surface area (Å²) in [6.45, 7) is 4.21. The SMILES string of the molecule is O=C(Nc1ccc(Oc2ccc(CCNCc3ccccc3)cc2)cc1)N1CCOCC1. The lowest BCUT2D eigenvalue weighted by Crippen LogP contribution is -2.43. The second-order valence-corrected chi connectivity index (χ2v) is 7.71. The summed E-state index contributed by atoms with van der Waals surface area (Å²) in [5.74, 6) is 1.52. The molecular weight excluding hydrogens is 402 g/mol. The Balaban J connectivity index is 1.21. The van der Waals surface area contributed by atoms with Gasteiger partial charge in [0.1, 0.15) is 11.5 Å². The van der Waals surface area contributed by atoms with Crippen molar-refractivity contribution in [1.82, 2.24) is 10.2 Å². The minimum Gasteiger partial charge on any atom is -0.457 e. The van der Waals surface area contributed by atoms with Gasteiger partial charge in [0, 0.05) is 25.3 Å². The van der Waals surface area contributed by atoms with Crippen LogP contribution in [-0.2, 0) is 17.7 Å². The third kappa shape index (κ3) is 6.57. The first-order valence-corrected chi connectivity index (χ1v) is 11.0. The van der Waals surface area contributed by atoms with Crippen molar-refractivity contribution in [3.8, 4) is 11.5 Å². The first kappa shape index (κ1) is 21.9. The van der Waals surface area contributed by atoms with Crippen molar-refractivity contribution in [2.45, 2.75) is 13.0 Å². The average molecular weight is 432 g/mol. The highest BCUT2D eigenvalue weighted by Gasteiger charge is 2.16. The standard InChI is InChI=1S/C26H29N3O3/c30-26(29-16-18-31-19-17-29)28-23-8-12-25(13-9-23)32-24-10-6-21(7-11-24)14-15-27-20-22-4-2-1-3-5-22/h1-13,27H,14-20H2,(H,28,30). The molecule has 1 aliphatic rings. The predicted molar refractivity (Wildman–Crippen MR) is 126 cm³/mol. The van der Waals surface area contributed by atoms with Gasteiger partial charge >= 0.3 is 6.03 Å². The van der Waals surface area contributed by atoms with Crippen LogP contribution < -0.4 is 15.4 Å². The van der Waals surface area contributed by atoms with Crippen LogP contribution in [0.2, 0.25) is 0 Å². The van der Waals surface area contributed by atoms with Crippen LogP contribution in [0.15, 0.2) is 78.9 Å². The number of rotatable bonds is 8. The number of urea groups is 1. The molecule has 0 saturated carbocycles. The lowest BCUT2D eigenvalue weighted by atomic mass is 10.1. The van der Waals surface area contributed by atoms with Gasteiger partial charge in [0.2, 0.25) is 0 Å². The fourth-order valence-corrected chi connectivity index (χ4v) is 3.50. The number of benzene rings is 3. The van der Waals surface area contributed by atoms with Gasteiger partial charge in [-0.3, -0.25) is 0 Å². The average Bonchev–Trinajstić information content (AvgIpc) is 2.85. The van der Waals surface area contributed by atoms with E-state index in [9.17, 15) is 4.79 Å². The number of nitrogens with one attached hydrogen (secondary N) is 2. The van der Waals surface area contributed by atoms with Crippen LogP contribution in [0.5, 0.6) is 11.5 Å². The number of amides is 2. The van der Waals surface area contributed by atoms with E-state index in [0.717, 1.165) is 36.7 Å². The maximum Gasteiger partial charge on any atom is 0.321 e. The fraction of sp³-hybridized carbons (Fsp3) is 0.269. The molecule has 32 heavy (non-hydrogen) atoms. The number of carbonyl (C=O) groups is 1. The van der Waals surface area contributed by atoms with Crippen molar-refractivity contribution >= 4 is 11.7 Å². The third-order valence-electron chi connectivity index (χ3n) is 5.33. The molecular formula is C26H29N3O3. The van der Waals surface area contributed by atoms with Crippen LogP contribution in [0.1, 0.15) is 11.1 Å². The molecule has 0 radical (unpaired) electrons. The highest BCUT2D eigenvalue weighted by atomic mass is 16.5. The van der Waals surface area contributed by atoms with E-state index in [1.165, 1.54) is 11.1 Å². The van der Waals surface area contributed by atoms with E-state index in [1.807, 2.05) is 42.5 Å². The smallest absolute Gasteiger partial charge is 0.321 e. The molecule has 166 valence electrons. The first-order valence-electron chi connectivity index (χ1n) is 11.0. The molecule has 1 saturated heterocycles. The highest BCUT2D eigenvalue weighted by Crippen LogP contribution is 2.23. The zero-order chi connectivity index (χ0) is 22.0. The van der Waals surface area contributed by atoms with E-state index >= 15 is 0 Å². The topological polar surface area (TPSA) is 62.8 Å². The van der Waals surface area contributed by atoms with Gasteiger partial charge in [0.25, 0.3) is 0 Å². The molecule has 1 heterocycles. The van der Waals surface area contributed by atoms with Crippen molar-refractivity contribution in [2.24, 2.45) is 0 Å². The van der Waals surface area contributed by atoms with Gasteiger partial charge in [-0.05, 0) is 60.5 Å². The van der Waals surface area contributed by atoms with E-state index in [0.29, 0.717) is 26.3 Å². The van der Waals surface area contributed by atoms with E-state index in [2.05, 4.69) is 47.0 Å². The predicted octanol–water partition coefficient (Wildman–Crippen LogP) is 4.68. The van der Waals surface area contributed by atoms with E-state index in [-0.39, 0.29) is 6.03 Å². The molecule has 0 bridgehead atoms. The van der Waals surface area contributed by atoms with E-state index in [4.69, 9.17) is 9.47 Å². The van der Waals surface area contributed by atoms with E-state index < -0.39 is 0 Å². The maximum atomic E-state index is 12.3. The molecule has 1 fully saturated rings. The number of nitrogens with zero attached hydrogens (tertiary/aromatic N) is 1. The Bertz CT molecular complexity index is 969. The Hall–Kier alpha value is -3.35. The molecule has 0 unspecified atom stereocenters. The van der Waals surface area contributed by atoms with E-state index in [1.54, 1.807) is 4.90 Å². The number of anilines is 1. The zero-order valence-electron chi connectivity index (χ0n) is 18.1. The zero-order valence-corrected chi connectivity index (χ0v) is 18.1. The summed E-state index contributed by atoms with van der Waals surface area (Å²) in [7, 11) is 0. The summed E-state index contributed by atoms with van der Waals surface area (Å²) in [5, 5.41) is 6.39. The fourth-order valence-electron chi connectivity index (χ4n) is 3.50. The van der Waals surface area contributed by atoms with Gasteiger partial charge in [-0.2, -0.15) is 0 Å². The molecule has 0 aromatic heterocycles. The molecule has 0 aliphatic carbocycles. The Morgan fingerprint density at radius 1 is 0.844 bits per heavy atom. The quantitative estimate of drug-likeness (QED) is 0.509.